The maximum atomic E-state index is 11.6. The first-order valence-electron chi connectivity index (χ1n) is 8.74. The number of carboxylic acid groups (broad SMARTS) is 1. The van der Waals surface area contributed by atoms with E-state index < -0.39 is 27.1 Å². The Balaban J connectivity index is 3.47. The monoisotopic (exact) mass is 349 g/mol. The Hall–Kier alpha value is -0.980. The number of hydrogen-bond acceptors (Lipinski definition) is 4. The zero-order valence-electron chi connectivity index (χ0n) is 14.2. The van der Waals surface area contributed by atoms with E-state index in [-0.39, 0.29) is 5.75 Å². The van der Waals surface area contributed by atoms with Crippen LogP contribution in [-0.2, 0) is 15.6 Å². The summed E-state index contributed by atoms with van der Waals surface area (Å²) in [5.41, 5.74) is 0. The quantitative estimate of drug-likeness (QED) is 0.257. The number of carboxylic acids is 1. The zero-order valence-corrected chi connectivity index (χ0v) is 15.0. The van der Waals surface area contributed by atoms with Crippen molar-refractivity contribution in [1.82, 2.24) is 0 Å². The van der Waals surface area contributed by atoms with Crippen molar-refractivity contribution in [3.63, 3.8) is 0 Å². The van der Waals surface area contributed by atoms with Crippen LogP contribution in [0.15, 0.2) is 0 Å². The van der Waals surface area contributed by atoms with Gasteiger partial charge in [0.05, 0.1) is 0 Å². The highest BCUT2D eigenvalue weighted by molar-refractivity contribution is 7.86. The summed E-state index contributed by atoms with van der Waals surface area (Å²) in [7, 11) is -1.93. The van der Waals surface area contributed by atoms with Gasteiger partial charge in [0, 0.05) is 10.7 Å². The van der Waals surface area contributed by atoms with Gasteiger partial charge in [-0.25, -0.2) is 4.79 Å². The van der Waals surface area contributed by atoms with Gasteiger partial charge in [0.2, 0.25) is 0 Å². The van der Waals surface area contributed by atoms with Crippen molar-refractivity contribution in [2.24, 2.45) is 0 Å². The van der Waals surface area contributed by atoms with Gasteiger partial charge in [0.25, 0.3) is 0 Å². The molecule has 0 saturated heterocycles. The molecule has 0 rings (SSSR count). The third-order valence-electron chi connectivity index (χ3n) is 3.85. The second-order valence-electron chi connectivity index (χ2n) is 5.95. The van der Waals surface area contributed by atoms with E-state index in [9.17, 15) is 19.1 Å². The summed E-state index contributed by atoms with van der Waals surface area (Å²) in [6.45, 7) is 2.22. The second kappa shape index (κ2) is 14.6. The molecular weight excluding hydrogens is 318 g/mol. The number of carbonyl (C=O) groups is 1. The molecule has 0 aromatic rings. The second-order valence-corrected chi connectivity index (χ2v) is 7.57. The smallest absolute Gasteiger partial charge is 0.393 e. The van der Waals surface area contributed by atoms with E-state index in [0.717, 1.165) is 19.3 Å². The van der Waals surface area contributed by atoms with E-state index in [2.05, 4.69) is 6.92 Å². The largest absolute Gasteiger partial charge is 0.475 e. The first-order chi connectivity index (χ1) is 11.0. The molecule has 0 radical (unpaired) electrons. The van der Waals surface area contributed by atoms with Crippen LogP contribution in [0.3, 0.4) is 0 Å². The van der Waals surface area contributed by atoms with Crippen molar-refractivity contribution < 1.29 is 19.0 Å². The van der Waals surface area contributed by atoms with Crippen LogP contribution in [-0.4, -0.2) is 31.3 Å². The average molecular weight is 349 g/mol. The summed E-state index contributed by atoms with van der Waals surface area (Å²) >= 11 is 0. The molecule has 0 aliphatic heterocycles. The number of nitrogens with zero attached hydrogens (tertiary/aromatic N) is 1. The van der Waals surface area contributed by atoms with Gasteiger partial charge in [-0.3, -0.25) is 14.3 Å². The van der Waals surface area contributed by atoms with Crippen molar-refractivity contribution in [3.8, 4) is 0 Å². The number of rotatable bonds is 16. The molecule has 2 atom stereocenters. The van der Waals surface area contributed by atoms with Crippen LogP contribution in [0, 0.1) is 10.1 Å². The lowest BCUT2D eigenvalue weighted by atomic mass is 10.1. The van der Waals surface area contributed by atoms with E-state index in [1.807, 2.05) is 0 Å². The number of hydrogen-bond donors (Lipinski definition) is 1. The van der Waals surface area contributed by atoms with Crippen LogP contribution >= 0.6 is 0 Å². The van der Waals surface area contributed by atoms with Gasteiger partial charge >= 0.3 is 11.3 Å². The molecule has 0 saturated carbocycles. The lowest BCUT2D eigenvalue weighted by Crippen LogP contribution is -2.34. The molecule has 0 aromatic heterocycles. The van der Waals surface area contributed by atoms with Gasteiger partial charge in [-0.05, 0) is 6.42 Å². The van der Waals surface area contributed by atoms with E-state index >= 15 is 0 Å². The highest BCUT2D eigenvalue weighted by atomic mass is 32.2. The van der Waals surface area contributed by atoms with Gasteiger partial charge in [-0.2, -0.15) is 0 Å². The molecule has 0 spiro atoms. The highest BCUT2D eigenvalue weighted by Crippen LogP contribution is 2.12. The molecule has 23 heavy (non-hydrogen) atoms. The zero-order chi connectivity index (χ0) is 17.5. The topological polar surface area (TPSA) is 97.5 Å². The van der Waals surface area contributed by atoms with E-state index in [4.69, 9.17) is 5.11 Å². The Labute approximate surface area is 141 Å². The molecule has 2 unspecified atom stereocenters. The molecule has 0 aliphatic rings. The van der Waals surface area contributed by atoms with E-state index in [1.54, 1.807) is 0 Å². The van der Waals surface area contributed by atoms with Gasteiger partial charge in [-0.15, -0.1) is 0 Å². The molecular formula is C16H31NO5S. The Kier molecular flexibility index (Phi) is 14.0. The van der Waals surface area contributed by atoms with Gasteiger partial charge in [-0.1, -0.05) is 77.6 Å². The summed E-state index contributed by atoms with van der Waals surface area (Å²) < 4.78 is 11.6. The number of nitro groups is 1. The average Bonchev–Trinajstić information content (AvgIpc) is 2.47. The Bertz CT molecular complexity index is 348. The van der Waals surface area contributed by atoms with E-state index in [0.29, 0.717) is 6.42 Å². The fourth-order valence-corrected chi connectivity index (χ4v) is 3.62. The summed E-state index contributed by atoms with van der Waals surface area (Å²) in [6.07, 6.45) is 13.9. The summed E-state index contributed by atoms with van der Waals surface area (Å²) in [5, 5.41) is 17.2. The number of aliphatic carboxylic acids is 1. The Morgan fingerprint density at radius 2 is 1.35 bits per heavy atom. The number of unbranched alkanes of at least 4 members (excludes halogenated alkanes) is 11. The molecule has 0 heterocycles. The normalized spacial score (nSPS) is 13.6. The lowest BCUT2D eigenvalue weighted by molar-refractivity contribution is -0.485. The van der Waals surface area contributed by atoms with Crippen LogP contribution in [0.1, 0.15) is 84.0 Å². The van der Waals surface area contributed by atoms with Crippen molar-refractivity contribution in [1.29, 1.82) is 0 Å². The lowest BCUT2D eigenvalue weighted by Gasteiger charge is -2.05. The third-order valence-corrected chi connectivity index (χ3v) is 5.41. The molecule has 0 bridgehead atoms. The molecule has 7 heteroatoms. The summed E-state index contributed by atoms with van der Waals surface area (Å²) in [6, 6.07) is 0. The molecule has 0 amide bonds. The maximum absolute atomic E-state index is 11.6. The van der Waals surface area contributed by atoms with Crippen molar-refractivity contribution in [2.75, 3.05) is 5.75 Å². The van der Waals surface area contributed by atoms with Crippen molar-refractivity contribution in [3.05, 3.63) is 10.1 Å². The molecule has 6 nitrogen and oxygen atoms in total. The Morgan fingerprint density at radius 1 is 0.957 bits per heavy atom. The van der Waals surface area contributed by atoms with Crippen LogP contribution < -0.4 is 0 Å². The first kappa shape index (κ1) is 22.0. The minimum atomic E-state index is -1.98. The Morgan fingerprint density at radius 3 is 1.70 bits per heavy atom. The van der Waals surface area contributed by atoms with Crippen LogP contribution in [0.4, 0.5) is 0 Å². The minimum absolute atomic E-state index is 0.0926. The molecule has 0 aliphatic carbocycles. The fraction of sp³-hybridized carbons (Fsp3) is 0.938. The summed E-state index contributed by atoms with van der Waals surface area (Å²) in [4.78, 5) is 20.2. The van der Waals surface area contributed by atoms with Crippen LogP contribution in [0.25, 0.3) is 0 Å². The standard InChI is InChI=1S/C16H31NO5S/c1-2-3-4-5-6-7-8-9-10-11-12-13-14-23(22)15(16(18)19)17(20)21/h15H,2-14H2,1H3,(H,18,19). The molecule has 0 aromatic carbocycles. The maximum Gasteiger partial charge on any atom is 0.393 e. The predicted molar refractivity (Wildman–Crippen MR) is 92.5 cm³/mol. The van der Waals surface area contributed by atoms with Crippen LogP contribution in [0.5, 0.6) is 0 Å². The van der Waals surface area contributed by atoms with Crippen molar-refractivity contribution >= 4 is 16.8 Å². The van der Waals surface area contributed by atoms with Gasteiger partial charge in [0.15, 0.2) is 0 Å². The SMILES string of the molecule is CCCCCCCCCCCCCCS(=O)C(C(=O)O)[N+](=O)[O-]. The van der Waals surface area contributed by atoms with Crippen LogP contribution in [0.2, 0.25) is 0 Å². The summed E-state index contributed by atoms with van der Waals surface area (Å²) in [5.74, 6) is -1.53. The van der Waals surface area contributed by atoms with Crippen molar-refractivity contribution in [2.45, 2.75) is 89.3 Å². The van der Waals surface area contributed by atoms with E-state index in [1.165, 1.54) is 51.4 Å². The van der Waals surface area contributed by atoms with Gasteiger partial charge < -0.3 is 5.11 Å². The highest BCUT2D eigenvalue weighted by Gasteiger charge is 2.35. The van der Waals surface area contributed by atoms with Gasteiger partial charge in [0.1, 0.15) is 10.8 Å². The third kappa shape index (κ3) is 12.1. The minimum Gasteiger partial charge on any atom is -0.475 e. The predicted octanol–water partition coefficient (Wildman–Crippen LogP) is 4.12. The molecule has 1 N–H and O–H groups in total. The molecule has 0 fully saturated rings. The first-order valence-corrected chi connectivity index (χ1v) is 10.1. The fourth-order valence-electron chi connectivity index (χ4n) is 2.50. The molecule has 136 valence electrons.